The summed E-state index contributed by atoms with van der Waals surface area (Å²) in [5, 5.41) is 0. The van der Waals surface area contributed by atoms with E-state index in [-0.39, 0.29) is 41.5 Å². The number of carbonyl (C=O) groups is 4. The molecule has 2 aliphatic heterocycles. The molecule has 6 unspecified atom stereocenters. The van der Waals surface area contributed by atoms with E-state index in [0.717, 1.165) is 19.3 Å². The Hall–Kier alpha value is -1.72. The molecule has 2 aliphatic carbocycles. The molecular weight excluding hydrogens is 324 g/mol. The molecule has 25 heavy (non-hydrogen) atoms. The first-order valence-corrected chi connectivity index (χ1v) is 9.48. The van der Waals surface area contributed by atoms with Crippen LogP contribution in [0.1, 0.15) is 58.8 Å². The van der Waals surface area contributed by atoms with Crippen molar-refractivity contribution in [2.24, 2.45) is 35.5 Å². The monoisotopic (exact) mass is 350 g/mol. The van der Waals surface area contributed by atoms with Gasteiger partial charge in [0.25, 0.3) is 0 Å². The number of fused-ring (bicyclic) bond motifs is 2. The summed E-state index contributed by atoms with van der Waals surface area (Å²) in [6, 6.07) is 0. The molecule has 6 nitrogen and oxygen atoms in total. The van der Waals surface area contributed by atoms with Gasteiger partial charge in [0.1, 0.15) is 0 Å². The molecule has 138 valence electrons. The highest BCUT2D eigenvalue weighted by Crippen LogP contribution is 2.50. The lowest BCUT2D eigenvalue weighted by Gasteiger charge is -2.39. The van der Waals surface area contributed by atoms with Crippen molar-refractivity contribution in [3.8, 4) is 0 Å². The lowest BCUT2D eigenvalue weighted by atomic mass is 9.62. The molecular formula is C19H26O6. The number of cyclic esters (lactones) is 4. The summed E-state index contributed by atoms with van der Waals surface area (Å²) in [4.78, 5) is 47.2. The van der Waals surface area contributed by atoms with Gasteiger partial charge in [0.2, 0.25) is 0 Å². The number of esters is 4. The number of carbonyl (C=O) groups excluding carboxylic acids is 4. The zero-order chi connectivity index (χ0) is 18.1. The van der Waals surface area contributed by atoms with Gasteiger partial charge in [-0.15, -0.1) is 0 Å². The molecule has 0 aromatic rings. The molecule has 2 saturated heterocycles. The van der Waals surface area contributed by atoms with Crippen molar-refractivity contribution in [2.75, 3.05) is 0 Å². The van der Waals surface area contributed by atoms with Crippen LogP contribution in [-0.4, -0.2) is 23.9 Å². The van der Waals surface area contributed by atoms with E-state index in [1.54, 1.807) is 0 Å². The van der Waals surface area contributed by atoms with E-state index in [2.05, 4.69) is 13.8 Å². The van der Waals surface area contributed by atoms with Crippen molar-refractivity contribution in [1.29, 1.82) is 0 Å². The second-order valence-electron chi connectivity index (χ2n) is 7.70. The Balaban J connectivity index is 0.000000569. The summed E-state index contributed by atoms with van der Waals surface area (Å²) in [6.07, 6.45) is 5.78. The van der Waals surface area contributed by atoms with E-state index in [1.807, 2.05) is 0 Å². The number of rotatable bonds is 1. The van der Waals surface area contributed by atoms with Crippen LogP contribution in [0.25, 0.3) is 0 Å². The lowest BCUT2D eigenvalue weighted by molar-refractivity contribution is -0.155. The molecule has 0 amide bonds. The maximum Gasteiger partial charge on any atom is 0.317 e. The van der Waals surface area contributed by atoms with E-state index in [4.69, 9.17) is 9.47 Å². The average molecular weight is 350 g/mol. The first-order valence-electron chi connectivity index (χ1n) is 9.48. The van der Waals surface area contributed by atoms with Crippen LogP contribution < -0.4 is 0 Å². The first kappa shape index (κ1) is 18.1. The second kappa shape index (κ2) is 7.26. The minimum atomic E-state index is -0.419. The Kier molecular flexibility index (Phi) is 5.25. The molecule has 4 aliphatic rings. The summed E-state index contributed by atoms with van der Waals surface area (Å²) in [7, 11) is 0. The molecule has 4 fully saturated rings. The van der Waals surface area contributed by atoms with Crippen molar-refractivity contribution >= 4 is 23.9 Å². The minimum Gasteiger partial charge on any atom is -0.393 e. The van der Waals surface area contributed by atoms with Crippen LogP contribution >= 0.6 is 0 Å². The van der Waals surface area contributed by atoms with Gasteiger partial charge in [-0.1, -0.05) is 26.7 Å². The predicted molar refractivity (Wildman–Crippen MR) is 86.8 cm³/mol. The van der Waals surface area contributed by atoms with E-state index < -0.39 is 17.9 Å². The third-order valence-electron chi connectivity index (χ3n) is 6.03. The highest BCUT2D eigenvalue weighted by Gasteiger charge is 2.55. The number of hydrogen-bond donors (Lipinski definition) is 0. The third-order valence-corrected chi connectivity index (χ3v) is 6.03. The van der Waals surface area contributed by atoms with Crippen LogP contribution in [0.2, 0.25) is 0 Å². The molecule has 4 rings (SSSR count). The van der Waals surface area contributed by atoms with Crippen molar-refractivity contribution in [3.05, 3.63) is 0 Å². The van der Waals surface area contributed by atoms with Crippen LogP contribution in [0.3, 0.4) is 0 Å². The van der Waals surface area contributed by atoms with Gasteiger partial charge in [-0.3, -0.25) is 19.2 Å². The summed E-state index contributed by atoms with van der Waals surface area (Å²) >= 11 is 0. The van der Waals surface area contributed by atoms with E-state index in [1.165, 1.54) is 6.42 Å². The van der Waals surface area contributed by atoms with Gasteiger partial charge < -0.3 is 9.47 Å². The zero-order valence-electron chi connectivity index (χ0n) is 14.9. The Labute approximate surface area is 147 Å². The summed E-state index contributed by atoms with van der Waals surface area (Å²) in [6.45, 7) is 4.25. The fourth-order valence-corrected chi connectivity index (χ4v) is 4.99. The minimum absolute atomic E-state index is 0.0853. The highest BCUT2D eigenvalue weighted by molar-refractivity contribution is 5.97. The molecule has 6 atom stereocenters. The van der Waals surface area contributed by atoms with Crippen LogP contribution in [0.4, 0.5) is 0 Å². The van der Waals surface area contributed by atoms with Crippen molar-refractivity contribution in [3.63, 3.8) is 0 Å². The smallest absolute Gasteiger partial charge is 0.317 e. The standard InChI is InChI=1S/C16H18O6.C3H8/c17-13-9-5-4-7(6-11(9)15(19)21-13)8-2-1-3-10-12(8)16(20)22-14(10)18;1-3-2/h7-12H,1-6H2;3H2,1-2H3. The van der Waals surface area contributed by atoms with Crippen LogP contribution in [0.15, 0.2) is 0 Å². The topological polar surface area (TPSA) is 86.7 Å². The van der Waals surface area contributed by atoms with Gasteiger partial charge in [-0.05, 0) is 43.9 Å². The number of hydrogen-bond acceptors (Lipinski definition) is 6. The molecule has 0 N–H and O–H groups in total. The Morgan fingerprint density at radius 2 is 1.36 bits per heavy atom. The van der Waals surface area contributed by atoms with Crippen molar-refractivity contribution in [1.82, 2.24) is 0 Å². The zero-order valence-corrected chi connectivity index (χ0v) is 14.9. The van der Waals surface area contributed by atoms with E-state index >= 15 is 0 Å². The first-order chi connectivity index (χ1) is 12.0. The quantitative estimate of drug-likeness (QED) is 0.534. The third kappa shape index (κ3) is 3.23. The molecule has 0 aromatic carbocycles. The summed E-state index contributed by atoms with van der Waals surface area (Å²) < 4.78 is 9.58. The van der Waals surface area contributed by atoms with Gasteiger partial charge in [0.15, 0.2) is 0 Å². The molecule has 0 aromatic heterocycles. The van der Waals surface area contributed by atoms with E-state index in [9.17, 15) is 19.2 Å². The molecule has 0 bridgehead atoms. The van der Waals surface area contributed by atoms with Crippen LogP contribution in [-0.2, 0) is 28.7 Å². The average Bonchev–Trinajstić information content (AvgIpc) is 3.04. The van der Waals surface area contributed by atoms with Gasteiger partial charge in [-0.25, -0.2) is 0 Å². The summed E-state index contributed by atoms with van der Waals surface area (Å²) in [5.41, 5.74) is 0. The van der Waals surface area contributed by atoms with Gasteiger partial charge in [-0.2, -0.15) is 0 Å². The van der Waals surface area contributed by atoms with Gasteiger partial charge in [0.05, 0.1) is 23.7 Å². The Bertz CT molecular complexity index is 582. The van der Waals surface area contributed by atoms with Gasteiger partial charge in [0, 0.05) is 0 Å². The van der Waals surface area contributed by atoms with Crippen molar-refractivity contribution < 1.29 is 28.7 Å². The largest absolute Gasteiger partial charge is 0.393 e. The highest BCUT2D eigenvalue weighted by atomic mass is 16.6. The predicted octanol–water partition coefficient (Wildman–Crippen LogP) is 2.63. The van der Waals surface area contributed by atoms with Crippen LogP contribution in [0.5, 0.6) is 0 Å². The normalized spacial score (nSPS) is 39.8. The summed E-state index contributed by atoms with van der Waals surface area (Å²) in [5.74, 6) is -2.65. The second-order valence-corrected chi connectivity index (χ2v) is 7.70. The maximum atomic E-state index is 12.0. The SMILES string of the molecule is CCC.O=C1OC(=O)C2CC(C3CCCC4C(=O)OC(=O)C43)CCC12. The Morgan fingerprint density at radius 1 is 0.760 bits per heavy atom. The van der Waals surface area contributed by atoms with Crippen molar-refractivity contribution in [2.45, 2.75) is 58.8 Å². The molecule has 6 heteroatoms. The molecule has 2 heterocycles. The fourth-order valence-electron chi connectivity index (χ4n) is 4.99. The Morgan fingerprint density at radius 3 is 2.08 bits per heavy atom. The molecule has 0 radical (unpaired) electrons. The number of ether oxygens (including phenoxy) is 2. The van der Waals surface area contributed by atoms with Crippen LogP contribution in [0, 0.1) is 35.5 Å². The maximum absolute atomic E-state index is 12.0. The molecule has 2 saturated carbocycles. The van der Waals surface area contributed by atoms with Gasteiger partial charge >= 0.3 is 23.9 Å². The van der Waals surface area contributed by atoms with E-state index in [0.29, 0.717) is 19.3 Å². The lowest BCUT2D eigenvalue weighted by Crippen LogP contribution is -2.39. The molecule has 0 spiro atoms. The fraction of sp³-hybridized carbons (Fsp3) is 0.789.